The number of hydrogen-bond donors (Lipinski definition) is 0. The first-order valence-electron chi connectivity index (χ1n) is 5.43. The highest BCUT2D eigenvalue weighted by molar-refractivity contribution is 7.58. The van der Waals surface area contributed by atoms with Crippen LogP contribution in [0.5, 0.6) is 5.75 Å². The monoisotopic (exact) mass is 329 g/mol. The van der Waals surface area contributed by atoms with Crippen LogP contribution in [0.4, 0.5) is 0 Å². The van der Waals surface area contributed by atoms with Crippen LogP contribution in [-0.2, 0) is 4.57 Å². The topological polar surface area (TPSA) is 29.5 Å². The first-order chi connectivity index (χ1) is 8.66. The Hall–Kier alpha value is 0.0800. The summed E-state index contributed by atoms with van der Waals surface area (Å²) in [5.41, 5.74) is -0.102. The number of benzene rings is 1. The van der Waals surface area contributed by atoms with Crippen LogP contribution in [0.2, 0.25) is 0 Å². The standard InChI is InChI=1S/C11H15Cl3NO2P/c12-6-8-15(9-7-13)18(16,10-14)17-11-4-2-1-3-5-11/h1-5H,6-10H2. The number of alkyl halides is 3. The van der Waals surface area contributed by atoms with Crippen LogP contribution in [0.25, 0.3) is 0 Å². The molecule has 0 N–H and O–H groups in total. The van der Waals surface area contributed by atoms with Crippen molar-refractivity contribution in [1.82, 2.24) is 4.67 Å². The van der Waals surface area contributed by atoms with Gasteiger partial charge in [0.2, 0.25) is 0 Å². The van der Waals surface area contributed by atoms with Crippen molar-refractivity contribution in [3.05, 3.63) is 30.3 Å². The molecule has 0 aliphatic rings. The molecule has 7 heteroatoms. The lowest BCUT2D eigenvalue weighted by molar-refractivity contribution is 0.377. The van der Waals surface area contributed by atoms with Crippen molar-refractivity contribution >= 4 is 42.3 Å². The molecule has 0 fully saturated rings. The Balaban J connectivity index is 2.85. The van der Waals surface area contributed by atoms with Gasteiger partial charge >= 0.3 is 7.52 Å². The lowest BCUT2D eigenvalue weighted by Crippen LogP contribution is -2.27. The highest BCUT2D eigenvalue weighted by atomic mass is 35.5. The van der Waals surface area contributed by atoms with Crippen molar-refractivity contribution in [3.63, 3.8) is 0 Å². The van der Waals surface area contributed by atoms with E-state index in [1.54, 1.807) is 28.9 Å². The predicted molar refractivity (Wildman–Crippen MR) is 78.4 cm³/mol. The molecule has 0 aliphatic heterocycles. The van der Waals surface area contributed by atoms with Gasteiger partial charge < -0.3 is 4.52 Å². The van der Waals surface area contributed by atoms with Crippen molar-refractivity contribution in [2.45, 2.75) is 0 Å². The molecule has 0 radical (unpaired) electrons. The van der Waals surface area contributed by atoms with Crippen molar-refractivity contribution in [2.24, 2.45) is 0 Å². The Bertz CT molecular complexity index is 385. The molecule has 1 aromatic rings. The van der Waals surface area contributed by atoms with E-state index in [4.69, 9.17) is 39.3 Å². The quantitative estimate of drug-likeness (QED) is 0.527. The molecule has 102 valence electrons. The zero-order valence-corrected chi connectivity index (χ0v) is 12.9. The van der Waals surface area contributed by atoms with E-state index in [0.29, 0.717) is 30.6 Å². The van der Waals surface area contributed by atoms with Gasteiger partial charge in [0.05, 0.1) is 0 Å². The Morgan fingerprint density at radius 2 is 1.61 bits per heavy atom. The third-order valence-corrected chi connectivity index (χ3v) is 5.56. The molecule has 1 atom stereocenters. The Morgan fingerprint density at radius 3 is 2.06 bits per heavy atom. The maximum Gasteiger partial charge on any atom is 0.333 e. The second-order valence-corrected chi connectivity index (χ2v) is 7.23. The van der Waals surface area contributed by atoms with Gasteiger partial charge in [0.25, 0.3) is 0 Å². The molecule has 3 nitrogen and oxygen atoms in total. The van der Waals surface area contributed by atoms with Crippen molar-refractivity contribution in [2.75, 3.05) is 30.5 Å². The largest absolute Gasteiger partial charge is 0.432 e. The van der Waals surface area contributed by atoms with Gasteiger partial charge in [0.1, 0.15) is 11.4 Å². The zero-order valence-electron chi connectivity index (χ0n) is 9.77. The van der Waals surface area contributed by atoms with Gasteiger partial charge in [-0.15, -0.1) is 34.8 Å². The SMILES string of the molecule is O=P(CCl)(Oc1ccccc1)N(CCCl)CCCl. The maximum absolute atomic E-state index is 12.7. The summed E-state index contributed by atoms with van der Waals surface area (Å²) >= 11 is 17.2. The normalized spacial score (nSPS) is 14.4. The molecule has 0 aliphatic carbocycles. The summed E-state index contributed by atoms with van der Waals surface area (Å²) in [4.78, 5) is 0. The minimum Gasteiger partial charge on any atom is -0.432 e. The highest BCUT2D eigenvalue weighted by Gasteiger charge is 2.31. The minimum absolute atomic E-state index is 0.102. The summed E-state index contributed by atoms with van der Waals surface area (Å²) in [6.07, 6.45) is 0. The van der Waals surface area contributed by atoms with Crippen molar-refractivity contribution in [3.8, 4) is 5.75 Å². The molecule has 0 spiro atoms. The summed E-state index contributed by atoms with van der Waals surface area (Å²) in [6.45, 7) is 0.843. The fourth-order valence-corrected chi connectivity index (χ4v) is 4.24. The van der Waals surface area contributed by atoms with E-state index in [2.05, 4.69) is 0 Å². The number of para-hydroxylation sites is 1. The number of rotatable bonds is 8. The molecule has 1 rings (SSSR count). The summed E-state index contributed by atoms with van der Waals surface area (Å²) < 4.78 is 19.9. The van der Waals surface area contributed by atoms with Crippen LogP contribution in [-0.4, -0.2) is 35.1 Å². The van der Waals surface area contributed by atoms with Gasteiger partial charge in [0.15, 0.2) is 0 Å². The zero-order chi connectivity index (χ0) is 13.4. The van der Waals surface area contributed by atoms with E-state index in [1.807, 2.05) is 6.07 Å². The first-order valence-corrected chi connectivity index (χ1v) is 8.80. The van der Waals surface area contributed by atoms with Gasteiger partial charge in [-0.2, -0.15) is 0 Å². The predicted octanol–water partition coefficient (Wildman–Crippen LogP) is 4.23. The van der Waals surface area contributed by atoms with Crippen LogP contribution >= 0.6 is 42.3 Å². The van der Waals surface area contributed by atoms with E-state index in [-0.39, 0.29) is 5.62 Å². The average molecular weight is 331 g/mol. The molecule has 0 saturated carbocycles. The van der Waals surface area contributed by atoms with Crippen LogP contribution in [0.15, 0.2) is 30.3 Å². The van der Waals surface area contributed by atoms with Crippen molar-refractivity contribution in [1.29, 1.82) is 0 Å². The summed E-state index contributed by atoms with van der Waals surface area (Å²) in [5, 5.41) is 0. The molecular formula is C11H15Cl3NO2P. The van der Waals surface area contributed by atoms with Gasteiger partial charge in [-0.1, -0.05) is 18.2 Å². The molecule has 0 amide bonds. The van der Waals surface area contributed by atoms with Crippen LogP contribution < -0.4 is 4.52 Å². The lowest BCUT2D eigenvalue weighted by atomic mass is 10.3. The lowest BCUT2D eigenvalue weighted by Gasteiger charge is -2.28. The molecule has 0 saturated heterocycles. The molecule has 0 aromatic heterocycles. The van der Waals surface area contributed by atoms with E-state index >= 15 is 0 Å². The average Bonchev–Trinajstić information content (AvgIpc) is 2.39. The maximum atomic E-state index is 12.7. The second kappa shape index (κ2) is 8.29. The van der Waals surface area contributed by atoms with Crippen LogP contribution in [0, 0.1) is 0 Å². The van der Waals surface area contributed by atoms with E-state index < -0.39 is 7.52 Å². The Morgan fingerprint density at radius 1 is 1.06 bits per heavy atom. The van der Waals surface area contributed by atoms with Crippen molar-refractivity contribution < 1.29 is 9.09 Å². The van der Waals surface area contributed by atoms with Gasteiger partial charge in [-0.3, -0.25) is 4.57 Å². The van der Waals surface area contributed by atoms with Crippen LogP contribution in [0.1, 0.15) is 0 Å². The summed E-state index contributed by atoms with van der Waals surface area (Å²) in [6, 6.07) is 8.94. The molecule has 1 aromatic carbocycles. The van der Waals surface area contributed by atoms with Gasteiger partial charge in [-0.05, 0) is 12.1 Å². The summed E-state index contributed by atoms with van der Waals surface area (Å²) in [5.74, 6) is 1.21. The minimum atomic E-state index is -3.14. The molecule has 18 heavy (non-hydrogen) atoms. The van der Waals surface area contributed by atoms with Gasteiger partial charge in [0, 0.05) is 24.8 Å². The fraction of sp³-hybridized carbons (Fsp3) is 0.455. The van der Waals surface area contributed by atoms with Crippen LogP contribution in [0.3, 0.4) is 0 Å². The smallest absolute Gasteiger partial charge is 0.333 e. The molecule has 1 unspecified atom stereocenters. The fourth-order valence-electron chi connectivity index (χ4n) is 1.42. The van der Waals surface area contributed by atoms with E-state index in [1.165, 1.54) is 0 Å². The highest BCUT2D eigenvalue weighted by Crippen LogP contribution is 2.51. The Kier molecular flexibility index (Phi) is 7.43. The molecular weight excluding hydrogens is 315 g/mol. The van der Waals surface area contributed by atoms with E-state index in [0.717, 1.165) is 0 Å². The van der Waals surface area contributed by atoms with E-state index in [9.17, 15) is 4.57 Å². The molecule has 0 heterocycles. The number of hydrogen-bond acceptors (Lipinski definition) is 2. The third-order valence-electron chi connectivity index (χ3n) is 2.26. The molecule has 0 bridgehead atoms. The third kappa shape index (κ3) is 4.64. The second-order valence-electron chi connectivity index (χ2n) is 3.49. The van der Waals surface area contributed by atoms with Gasteiger partial charge in [-0.25, -0.2) is 4.67 Å². The Labute approximate surface area is 122 Å². The summed E-state index contributed by atoms with van der Waals surface area (Å²) in [7, 11) is -3.14. The first kappa shape index (κ1) is 16.1. The number of halogens is 3. The number of nitrogens with zero attached hydrogens (tertiary/aromatic N) is 1.